The van der Waals surface area contributed by atoms with Crippen molar-refractivity contribution in [2.24, 2.45) is 4.99 Å². The molecule has 8 heteroatoms. The summed E-state index contributed by atoms with van der Waals surface area (Å²) < 4.78 is 4.84. The SMILES string of the molecule is CCc1nc2nonc2c(/N=C/N(C)C)c1Cc1cccc(C#N)n1. The highest BCUT2D eigenvalue weighted by Crippen LogP contribution is 2.31. The topological polar surface area (TPSA) is 104 Å². The molecule has 3 heterocycles. The molecule has 126 valence electrons. The Morgan fingerprint density at radius 2 is 2.12 bits per heavy atom. The number of nitriles is 1. The van der Waals surface area contributed by atoms with Crippen molar-refractivity contribution in [3.05, 3.63) is 40.8 Å². The van der Waals surface area contributed by atoms with Gasteiger partial charge in [-0.1, -0.05) is 13.0 Å². The molecule has 0 bridgehead atoms. The number of aliphatic imine (C=N–C) groups is 1. The van der Waals surface area contributed by atoms with Crippen LogP contribution in [0.3, 0.4) is 0 Å². The van der Waals surface area contributed by atoms with Crippen LogP contribution in [-0.2, 0) is 12.8 Å². The standard InChI is InChI=1S/C17H17N7O/c1-4-14-13(8-11-6-5-7-12(9-18)20-11)15(19-10-24(2)3)16-17(21-14)23-25-22-16/h5-7,10H,4,8H2,1-3H3/b19-10+. The van der Waals surface area contributed by atoms with Crippen LogP contribution in [0, 0.1) is 11.3 Å². The molecule has 25 heavy (non-hydrogen) atoms. The molecule has 0 N–H and O–H groups in total. The van der Waals surface area contributed by atoms with Crippen LogP contribution < -0.4 is 0 Å². The highest BCUT2D eigenvalue weighted by molar-refractivity contribution is 5.87. The van der Waals surface area contributed by atoms with E-state index in [1.165, 1.54) is 0 Å². The van der Waals surface area contributed by atoms with Crippen molar-refractivity contribution in [3.8, 4) is 6.07 Å². The van der Waals surface area contributed by atoms with E-state index in [0.29, 0.717) is 35.4 Å². The molecule has 0 saturated heterocycles. The molecule has 3 aromatic rings. The molecule has 0 aliphatic heterocycles. The third kappa shape index (κ3) is 3.45. The second kappa shape index (κ2) is 7.05. The van der Waals surface area contributed by atoms with Crippen molar-refractivity contribution >= 4 is 23.2 Å². The maximum Gasteiger partial charge on any atom is 0.226 e. The number of hydrogen-bond acceptors (Lipinski definition) is 7. The number of rotatable bonds is 5. The van der Waals surface area contributed by atoms with Gasteiger partial charge in [0.2, 0.25) is 5.65 Å². The number of aryl methyl sites for hydroxylation is 1. The summed E-state index contributed by atoms with van der Waals surface area (Å²) >= 11 is 0. The first-order valence-corrected chi connectivity index (χ1v) is 7.83. The largest absolute Gasteiger partial charge is 0.369 e. The van der Waals surface area contributed by atoms with Gasteiger partial charge in [-0.3, -0.25) is 0 Å². The lowest BCUT2D eigenvalue weighted by Gasteiger charge is -2.11. The van der Waals surface area contributed by atoms with Crippen molar-refractivity contribution in [1.29, 1.82) is 5.26 Å². The van der Waals surface area contributed by atoms with Crippen molar-refractivity contribution in [3.63, 3.8) is 0 Å². The van der Waals surface area contributed by atoms with E-state index in [2.05, 4.69) is 31.3 Å². The van der Waals surface area contributed by atoms with Gasteiger partial charge in [0.1, 0.15) is 17.5 Å². The van der Waals surface area contributed by atoms with E-state index < -0.39 is 0 Å². The minimum atomic E-state index is 0.381. The van der Waals surface area contributed by atoms with Crippen molar-refractivity contribution < 1.29 is 4.63 Å². The van der Waals surface area contributed by atoms with Gasteiger partial charge in [-0.2, -0.15) is 5.26 Å². The van der Waals surface area contributed by atoms with E-state index in [1.54, 1.807) is 12.4 Å². The summed E-state index contributed by atoms with van der Waals surface area (Å²) in [4.78, 5) is 15.3. The van der Waals surface area contributed by atoms with Crippen LogP contribution >= 0.6 is 0 Å². The lowest BCUT2D eigenvalue weighted by Crippen LogP contribution is -2.08. The number of aromatic nitrogens is 4. The van der Waals surface area contributed by atoms with Gasteiger partial charge in [-0.05, 0) is 28.9 Å². The molecule has 8 nitrogen and oxygen atoms in total. The zero-order chi connectivity index (χ0) is 17.8. The summed E-state index contributed by atoms with van der Waals surface area (Å²) in [5.74, 6) is 0. The van der Waals surface area contributed by atoms with E-state index in [1.807, 2.05) is 38.1 Å². The average Bonchev–Trinajstić information content (AvgIpc) is 3.08. The molecule has 3 aromatic heterocycles. The van der Waals surface area contributed by atoms with Gasteiger partial charge in [0, 0.05) is 37.5 Å². The molecule has 0 spiro atoms. The van der Waals surface area contributed by atoms with Crippen LogP contribution in [0.5, 0.6) is 0 Å². The second-order valence-electron chi connectivity index (χ2n) is 5.69. The Hall–Kier alpha value is -3.34. The maximum absolute atomic E-state index is 9.06. The van der Waals surface area contributed by atoms with Gasteiger partial charge >= 0.3 is 0 Å². The molecule has 0 aliphatic rings. The second-order valence-corrected chi connectivity index (χ2v) is 5.69. The van der Waals surface area contributed by atoms with Crippen LogP contribution in [0.4, 0.5) is 5.69 Å². The lowest BCUT2D eigenvalue weighted by molar-refractivity contribution is 0.315. The summed E-state index contributed by atoms with van der Waals surface area (Å²) in [6.45, 7) is 2.02. The van der Waals surface area contributed by atoms with E-state index in [4.69, 9.17) is 9.89 Å². The Morgan fingerprint density at radius 1 is 1.28 bits per heavy atom. The number of hydrogen-bond donors (Lipinski definition) is 0. The summed E-state index contributed by atoms with van der Waals surface area (Å²) in [7, 11) is 3.78. The average molecular weight is 335 g/mol. The highest BCUT2D eigenvalue weighted by atomic mass is 16.6. The molecule has 0 unspecified atom stereocenters. The molecule has 0 amide bonds. The fourth-order valence-electron chi connectivity index (χ4n) is 2.49. The molecule has 0 radical (unpaired) electrons. The minimum Gasteiger partial charge on any atom is -0.369 e. The summed E-state index contributed by atoms with van der Waals surface area (Å²) in [6, 6.07) is 7.44. The third-order valence-electron chi connectivity index (χ3n) is 3.60. The van der Waals surface area contributed by atoms with E-state index in [9.17, 15) is 0 Å². The molecular formula is C17H17N7O. The quantitative estimate of drug-likeness (QED) is 0.520. The van der Waals surface area contributed by atoms with Gasteiger partial charge in [0.25, 0.3) is 0 Å². The molecular weight excluding hydrogens is 318 g/mol. The molecule has 0 aliphatic carbocycles. The molecule has 3 rings (SSSR count). The number of pyridine rings is 2. The first-order valence-electron chi connectivity index (χ1n) is 7.83. The van der Waals surface area contributed by atoms with E-state index >= 15 is 0 Å². The fraction of sp³-hybridized carbons (Fsp3) is 0.294. The van der Waals surface area contributed by atoms with Gasteiger partial charge in [-0.25, -0.2) is 19.6 Å². The summed E-state index contributed by atoms with van der Waals surface area (Å²) in [5, 5.41) is 16.9. The Labute approximate surface area is 144 Å². The summed E-state index contributed by atoms with van der Waals surface area (Å²) in [5.41, 5.74) is 4.54. The van der Waals surface area contributed by atoms with E-state index in [-0.39, 0.29) is 0 Å². The van der Waals surface area contributed by atoms with E-state index in [0.717, 1.165) is 17.0 Å². The number of fused-ring (bicyclic) bond motifs is 1. The van der Waals surface area contributed by atoms with Gasteiger partial charge in [0.15, 0.2) is 5.52 Å². The predicted octanol–water partition coefficient (Wildman–Crippen LogP) is 2.26. The van der Waals surface area contributed by atoms with Gasteiger partial charge in [0.05, 0.1) is 6.34 Å². The monoisotopic (exact) mass is 335 g/mol. The lowest BCUT2D eigenvalue weighted by atomic mass is 10.0. The summed E-state index contributed by atoms with van der Waals surface area (Å²) in [6.07, 6.45) is 2.90. The van der Waals surface area contributed by atoms with Gasteiger partial charge < -0.3 is 4.90 Å². The first kappa shape index (κ1) is 16.5. The van der Waals surface area contributed by atoms with Crippen LogP contribution in [0.15, 0.2) is 27.8 Å². The van der Waals surface area contributed by atoms with Crippen LogP contribution in [0.1, 0.15) is 29.6 Å². The molecule has 0 aromatic carbocycles. The fourth-order valence-corrected chi connectivity index (χ4v) is 2.49. The van der Waals surface area contributed by atoms with Gasteiger partial charge in [-0.15, -0.1) is 0 Å². The zero-order valence-electron chi connectivity index (χ0n) is 14.3. The van der Waals surface area contributed by atoms with Crippen molar-refractivity contribution in [1.82, 2.24) is 25.2 Å². The van der Waals surface area contributed by atoms with Crippen LogP contribution in [0.25, 0.3) is 11.2 Å². The zero-order valence-corrected chi connectivity index (χ0v) is 14.3. The Balaban J connectivity index is 2.16. The smallest absolute Gasteiger partial charge is 0.226 e. The minimum absolute atomic E-state index is 0.381. The Kier molecular flexibility index (Phi) is 4.66. The van der Waals surface area contributed by atoms with Crippen molar-refractivity contribution in [2.75, 3.05) is 14.1 Å². The highest BCUT2D eigenvalue weighted by Gasteiger charge is 2.18. The van der Waals surface area contributed by atoms with Crippen molar-refractivity contribution in [2.45, 2.75) is 19.8 Å². The Bertz CT molecular complexity index is 969. The predicted molar refractivity (Wildman–Crippen MR) is 92.6 cm³/mol. The normalized spacial score (nSPS) is 11.1. The maximum atomic E-state index is 9.06. The van der Waals surface area contributed by atoms with Crippen LogP contribution in [-0.4, -0.2) is 45.6 Å². The van der Waals surface area contributed by atoms with Crippen LogP contribution in [0.2, 0.25) is 0 Å². The third-order valence-corrected chi connectivity index (χ3v) is 3.60. The molecule has 0 atom stereocenters. The Morgan fingerprint density at radius 3 is 2.84 bits per heavy atom. The molecule has 0 saturated carbocycles. The molecule has 0 fully saturated rings. The number of nitrogens with zero attached hydrogens (tertiary/aromatic N) is 7. The first-order chi connectivity index (χ1) is 12.1.